The van der Waals surface area contributed by atoms with Crippen LogP contribution in [0.4, 0.5) is 5.13 Å². The van der Waals surface area contributed by atoms with Gasteiger partial charge in [-0.2, -0.15) is 0 Å². The number of hydrogen-bond acceptors (Lipinski definition) is 6. The van der Waals surface area contributed by atoms with E-state index in [9.17, 15) is 9.59 Å². The minimum atomic E-state index is -0.127. The SMILES string of the molecule is COc1ccc(-c2csc(NC(=O)CCCNC(=O)C34CC5CC(CC(C5)C3)C4)n2)cc1OC. The second kappa shape index (κ2) is 9.56. The second-order valence-electron chi connectivity index (χ2n) is 10.2. The minimum absolute atomic E-state index is 0.0859. The minimum Gasteiger partial charge on any atom is -0.493 e. The van der Waals surface area contributed by atoms with E-state index in [0.717, 1.165) is 48.3 Å². The molecule has 34 heavy (non-hydrogen) atoms. The zero-order valence-corrected chi connectivity index (χ0v) is 20.7. The summed E-state index contributed by atoms with van der Waals surface area (Å²) in [5, 5.41) is 8.50. The average molecular weight is 484 g/mol. The van der Waals surface area contributed by atoms with Gasteiger partial charge in [-0.25, -0.2) is 4.98 Å². The Kier molecular flexibility index (Phi) is 6.51. The smallest absolute Gasteiger partial charge is 0.226 e. The summed E-state index contributed by atoms with van der Waals surface area (Å²) < 4.78 is 10.6. The molecule has 2 N–H and O–H groups in total. The van der Waals surface area contributed by atoms with Crippen molar-refractivity contribution >= 4 is 28.3 Å². The molecule has 2 aromatic rings. The third kappa shape index (κ3) is 4.65. The predicted molar refractivity (Wildman–Crippen MR) is 132 cm³/mol. The number of amides is 2. The molecule has 4 fully saturated rings. The van der Waals surface area contributed by atoms with Crippen molar-refractivity contribution in [1.29, 1.82) is 0 Å². The Labute approximate surface area is 204 Å². The van der Waals surface area contributed by atoms with Crippen LogP contribution in [0.5, 0.6) is 11.5 Å². The number of carbonyl (C=O) groups is 2. The standard InChI is InChI=1S/C26H33N3O4S/c1-32-21-6-5-19(11-22(21)33-2)20-15-34-25(28-20)29-23(30)4-3-7-27-24(31)26-12-16-8-17(13-26)10-18(9-16)14-26/h5-6,11,15-18H,3-4,7-10,12-14H2,1-2H3,(H,27,31)(H,28,29,30). The molecule has 4 saturated carbocycles. The molecule has 0 unspecified atom stereocenters. The number of carbonyl (C=O) groups excluding carboxylic acids is 2. The monoisotopic (exact) mass is 483 g/mol. The topological polar surface area (TPSA) is 89.6 Å². The third-order valence-electron chi connectivity index (χ3n) is 7.82. The normalized spacial score (nSPS) is 26.8. The van der Waals surface area contributed by atoms with E-state index in [1.807, 2.05) is 23.6 Å². The fourth-order valence-electron chi connectivity index (χ4n) is 6.67. The van der Waals surface area contributed by atoms with Gasteiger partial charge in [0.1, 0.15) is 0 Å². The lowest BCUT2D eigenvalue weighted by molar-refractivity contribution is -0.146. The molecule has 0 atom stereocenters. The summed E-state index contributed by atoms with van der Waals surface area (Å²) in [6.45, 7) is 0.544. The highest BCUT2D eigenvalue weighted by Crippen LogP contribution is 2.60. The maximum atomic E-state index is 13.0. The molecular weight excluding hydrogens is 450 g/mol. The molecule has 1 aromatic carbocycles. The Hall–Kier alpha value is -2.61. The number of rotatable bonds is 9. The van der Waals surface area contributed by atoms with Crippen LogP contribution in [0.1, 0.15) is 51.4 Å². The van der Waals surface area contributed by atoms with Crippen molar-refractivity contribution in [2.24, 2.45) is 23.2 Å². The van der Waals surface area contributed by atoms with Gasteiger partial charge in [0.25, 0.3) is 0 Å². The maximum Gasteiger partial charge on any atom is 0.226 e. The van der Waals surface area contributed by atoms with Crippen molar-refractivity contribution in [1.82, 2.24) is 10.3 Å². The van der Waals surface area contributed by atoms with Gasteiger partial charge < -0.3 is 20.1 Å². The Morgan fingerprint density at radius 2 is 1.74 bits per heavy atom. The third-order valence-corrected chi connectivity index (χ3v) is 8.57. The van der Waals surface area contributed by atoms with Gasteiger partial charge >= 0.3 is 0 Å². The molecule has 0 saturated heterocycles. The lowest BCUT2D eigenvalue weighted by atomic mass is 9.49. The Morgan fingerprint density at radius 3 is 2.38 bits per heavy atom. The molecule has 7 nitrogen and oxygen atoms in total. The van der Waals surface area contributed by atoms with Crippen molar-refractivity contribution < 1.29 is 19.1 Å². The van der Waals surface area contributed by atoms with Crippen LogP contribution in [0.15, 0.2) is 23.6 Å². The maximum absolute atomic E-state index is 13.0. The van der Waals surface area contributed by atoms with E-state index in [1.54, 1.807) is 14.2 Å². The molecule has 2 amide bonds. The summed E-state index contributed by atoms with van der Waals surface area (Å²) >= 11 is 1.39. The van der Waals surface area contributed by atoms with Gasteiger partial charge in [0.2, 0.25) is 11.8 Å². The Bertz CT molecular complexity index is 1030. The molecule has 8 heteroatoms. The molecule has 4 aliphatic rings. The summed E-state index contributed by atoms with van der Waals surface area (Å²) in [6, 6.07) is 5.62. The van der Waals surface area contributed by atoms with E-state index in [-0.39, 0.29) is 17.2 Å². The number of hydrogen-bond donors (Lipinski definition) is 2. The van der Waals surface area contributed by atoms with Gasteiger partial charge in [-0.3, -0.25) is 9.59 Å². The van der Waals surface area contributed by atoms with Gasteiger partial charge in [0.15, 0.2) is 16.6 Å². The largest absolute Gasteiger partial charge is 0.493 e. The number of aromatic nitrogens is 1. The van der Waals surface area contributed by atoms with Crippen LogP contribution in [-0.4, -0.2) is 37.6 Å². The number of benzene rings is 1. The van der Waals surface area contributed by atoms with Gasteiger partial charge in [-0.05, 0) is 80.9 Å². The van der Waals surface area contributed by atoms with Crippen LogP contribution < -0.4 is 20.1 Å². The van der Waals surface area contributed by atoms with Gasteiger partial charge in [-0.15, -0.1) is 11.3 Å². The molecule has 1 heterocycles. The van der Waals surface area contributed by atoms with E-state index in [0.29, 0.717) is 36.0 Å². The number of nitrogens with zero attached hydrogens (tertiary/aromatic N) is 1. The van der Waals surface area contributed by atoms with Crippen LogP contribution in [0.2, 0.25) is 0 Å². The van der Waals surface area contributed by atoms with Crippen molar-refractivity contribution in [3.8, 4) is 22.8 Å². The predicted octanol–water partition coefficient (Wildman–Crippen LogP) is 4.88. The molecule has 182 valence electrons. The molecular formula is C26H33N3O4S. The summed E-state index contributed by atoms with van der Waals surface area (Å²) in [6.07, 6.45) is 8.17. The van der Waals surface area contributed by atoms with E-state index in [1.165, 1.54) is 30.6 Å². The molecule has 4 bridgehead atoms. The molecule has 0 aliphatic heterocycles. The number of thiazole rings is 1. The van der Waals surface area contributed by atoms with Gasteiger partial charge in [0.05, 0.1) is 19.9 Å². The van der Waals surface area contributed by atoms with Crippen LogP contribution in [0.25, 0.3) is 11.3 Å². The fraction of sp³-hybridized carbons (Fsp3) is 0.577. The highest BCUT2D eigenvalue weighted by molar-refractivity contribution is 7.14. The van der Waals surface area contributed by atoms with Crippen molar-refractivity contribution in [3.05, 3.63) is 23.6 Å². The molecule has 0 spiro atoms. The second-order valence-corrected chi connectivity index (χ2v) is 11.1. The van der Waals surface area contributed by atoms with Gasteiger partial charge in [0, 0.05) is 29.3 Å². The number of anilines is 1. The summed E-state index contributed by atoms with van der Waals surface area (Å²) in [5.74, 6) is 3.70. The number of nitrogens with one attached hydrogen (secondary N) is 2. The zero-order valence-electron chi connectivity index (χ0n) is 19.9. The zero-order chi connectivity index (χ0) is 23.7. The first kappa shape index (κ1) is 23.1. The van der Waals surface area contributed by atoms with E-state index in [2.05, 4.69) is 15.6 Å². The van der Waals surface area contributed by atoms with Crippen molar-refractivity contribution in [2.75, 3.05) is 26.1 Å². The highest BCUT2D eigenvalue weighted by Gasteiger charge is 2.54. The molecule has 1 aromatic heterocycles. The fourth-order valence-corrected chi connectivity index (χ4v) is 7.40. The number of methoxy groups -OCH3 is 2. The molecule has 4 aliphatic carbocycles. The highest BCUT2D eigenvalue weighted by atomic mass is 32.1. The molecule has 6 rings (SSSR count). The lowest BCUT2D eigenvalue weighted by Gasteiger charge is -2.55. The first-order valence-electron chi connectivity index (χ1n) is 12.2. The van der Waals surface area contributed by atoms with E-state index in [4.69, 9.17) is 9.47 Å². The van der Waals surface area contributed by atoms with Crippen LogP contribution in [0.3, 0.4) is 0 Å². The van der Waals surface area contributed by atoms with Crippen molar-refractivity contribution in [3.63, 3.8) is 0 Å². The van der Waals surface area contributed by atoms with Gasteiger partial charge in [-0.1, -0.05) is 0 Å². The summed E-state index contributed by atoms with van der Waals surface area (Å²) in [4.78, 5) is 30.0. The summed E-state index contributed by atoms with van der Waals surface area (Å²) in [7, 11) is 3.20. The Balaban J connectivity index is 1.08. The Morgan fingerprint density at radius 1 is 1.06 bits per heavy atom. The van der Waals surface area contributed by atoms with E-state index < -0.39 is 0 Å². The van der Waals surface area contributed by atoms with Crippen LogP contribution in [0, 0.1) is 23.2 Å². The first-order chi connectivity index (χ1) is 16.5. The quantitative estimate of drug-likeness (QED) is 0.496. The van der Waals surface area contributed by atoms with Crippen molar-refractivity contribution in [2.45, 2.75) is 51.4 Å². The summed E-state index contributed by atoms with van der Waals surface area (Å²) in [5.41, 5.74) is 1.53. The first-order valence-corrected chi connectivity index (χ1v) is 13.1. The number of ether oxygens (including phenoxy) is 2. The van der Waals surface area contributed by atoms with Crippen LogP contribution >= 0.6 is 11.3 Å². The molecule has 0 radical (unpaired) electrons. The van der Waals surface area contributed by atoms with E-state index >= 15 is 0 Å². The van der Waals surface area contributed by atoms with Crippen LogP contribution in [-0.2, 0) is 9.59 Å². The average Bonchev–Trinajstić information content (AvgIpc) is 3.28. The lowest BCUT2D eigenvalue weighted by Crippen LogP contribution is -2.53.